The second-order valence-corrected chi connectivity index (χ2v) is 18.1. The topological polar surface area (TPSA) is 213 Å². The molecule has 8 aromatic rings. The van der Waals surface area contributed by atoms with Gasteiger partial charge < -0.3 is 25.4 Å². The van der Waals surface area contributed by atoms with Crippen LogP contribution in [0.25, 0.3) is 43.4 Å². The fraction of sp³-hybridized carbons (Fsp3) is 0.250. The molecule has 1 aliphatic carbocycles. The number of para-hydroxylation sites is 2. The Hall–Kier alpha value is -7.98. The molecule has 2 aromatic heterocycles. The molecule has 1 aliphatic heterocycles. The molecule has 15 nitrogen and oxygen atoms in total. The Balaban J connectivity index is 0.000000176. The van der Waals surface area contributed by atoms with Crippen LogP contribution in [-0.4, -0.2) is 69.2 Å². The fourth-order valence-corrected chi connectivity index (χ4v) is 9.88. The molecule has 4 atom stereocenters. The predicted octanol–water partition coefficient (Wildman–Crippen LogP) is 8.17. The van der Waals surface area contributed by atoms with Crippen LogP contribution in [0.2, 0.25) is 0 Å². The quantitative estimate of drug-likeness (QED) is 0.0458. The van der Waals surface area contributed by atoms with Crippen molar-refractivity contribution in [2.24, 2.45) is 11.8 Å². The van der Waals surface area contributed by atoms with E-state index in [0.29, 0.717) is 68.2 Å². The van der Waals surface area contributed by atoms with Crippen molar-refractivity contribution in [2.75, 3.05) is 13.1 Å². The third-order valence-corrected chi connectivity index (χ3v) is 13.4. The van der Waals surface area contributed by atoms with E-state index in [4.69, 9.17) is 19.9 Å². The van der Waals surface area contributed by atoms with Gasteiger partial charge in [-0.05, 0) is 134 Å². The lowest BCUT2D eigenvalue weighted by Crippen LogP contribution is -2.55. The van der Waals surface area contributed by atoms with E-state index in [9.17, 15) is 19.2 Å². The fourth-order valence-electron chi connectivity index (χ4n) is 9.88. The molecule has 1 saturated heterocycles. The number of rotatable bonds is 12. The van der Waals surface area contributed by atoms with Crippen LogP contribution in [0.5, 0.6) is 11.5 Å². The molecule has 71 heavy (non-hydrogen) atoms. The maximum absolute atomic E-state index is 13.2. The van der Waals surface area contributed by atoms with E-state index in [-0.39, 0.29) is 17.9 Å². The summed E-state index contributed by atoms with van der Waals surface area (Å²) in [6.07, 6.45) is 2.70. The van der Waals surface area contributed by atoms with Crippen molar-refractivity contribution in [1.82, 2.24) is 36.9 Å². The predicted molar refractivity (Wildman–Crippen MR) is 270 cm³/mol. The van der Waals surface area contributed by atoms with E-state index in [1.54, 1.807) is 23.1 Å². The molecule has 3 heterocycles. The van der Waals surface area contributed by atoms with E-state index < -0.39 is 29.7 Å². The van der Waals surface area contributed by atoms with Crippen molar-refractivity contribution in [3.8, 4) is 11.5 Å². The van der Waals surface area contributed by atoms with Gasteiger partial charge in [0, 0.05) is 57.0 Å². The molecule has 362 valence electrons. The summed E-state index contributed by atoms with van der Waals surface area (Å²) < 4.78 is 12.3. The monoisotopic (exact) mass is 953 g/mol. The minimum Gasteiger partial charge on any atom is -0.489 e. The van der Waals surface area contributed by atoms with Crippen molar-refractivity contribution < 1.29 is 39.1 Å². The average molecular weight is 954 g/mol. The van der Waals surface area contributed by atoms with Crippen molar-refractivity contribution in [1.29, 1.82) is 0 Å². The zero-order chi connectivity index (χ0) is 49.4. The number of nitrogens with zero attached hydrogens (tertiary/aromatic N) is 2. The molecule has 2 fully saturated rings. The van der Waals surface area contributed by atoms with Gasteiger partial charge in [-0.1, -0.05) is 67.1 Å². The Morgan fingerprint density at radius 2 is 1.06 bits per heavy atom. The molecule has 15 heteroatoms. The third kappa shape index (κ3) is 10.9. The van der Waals surface area contributed by atoms with E-state index in [2.05, 4.69) is 25.9 Å². The SMILES string of the molecule is Cc1cc(COc2ccc3c(C(=O)NC4CCCC4C(=O)NO)cccc3c2)c2ccccc2n1.Cc1cc(COc2ccc3c(C(=O)NC4CNCCC4C(=O)NO)cccc3c2)c2ccccc2n1. The maximum Gasteiger partial charge on any atom is 0.252 e. The van der Waals surface area contributed by atoms with Crippen LogP contribution < -0.4 is 36.4 Å². The zero-order valence-corrected chi connectivity index (χ0v) is 39.4. The van der Waals surface area contributed by atoms with Gasteiger partial charge >= 0.3 is 0 Å². The van der Waals surface area contributed by atoms with Crippen LogP contribution >= 0.6 is 0 Å². The number of carbonyl (C=O) groups excluding carboxylic acids is 4. The maximum atomic E-state index is 13.2. The van der Waals surface area contributed by atoms with Gasteiger partial charge in [-0.2, -0.15) is 0 Å². The number of hydroxylamine groups is 2. The van der Waals surface area contributed by atoms with Crippen LogP contribution in [0, 0.1) is 25.7 Å². The van der Waals surface area contributed by atoms with Gasteiger partial charge in [-0.3, -0.25) is 39.6 Å². The van der Waals surface area contributed by atoms with Crippen LogP contribution in [-0.2, 0) is 22.8 Å². The summed E-state index contributed by atoms with van der Waals surface area (Å²) >= 11 is 0. The first-order chi connectivity index (χ1) is 34.6. The number of piperidine rings is 1. The third-order valence-electron chi connectivity index (χ3n) is 13.4. The molecule has 7 N–H and O–H groups in total. The standard InChI is InChI=1S/C28H28N4O4.C28H27N3O4/c1-17-13-19(22-6-2-3-8-25(22)30-17)16-36-20-9-10-21-18(14-20)5-4-7-23(21)27(33)31-26-15-29-12-11-24(26)28(34)32-35;1-17-14-19(22-7-2-3-10-25(22)29-17)16-35-20-12-13-21-18(15-20)6-4-8-23(21)27(32)30-26-11-5-9-24(26)28(33)31-34/h2-10,13-14,24,26,29,35H,11-12,15-16H2,1H3,(H,31,33)(H,32,34);2-4,6-8,10,12-15,24,26,34H,5,9,11,16H2,1H3,(H,30,32)(H,31,33). The zero-order valence-electron chi connectivity index (χ0n) is 39.4. The van der Waals surface area contributed by atoms with Gasteiger partial charge in [0.2, 0.25) is 11.8 Å². The molecule has 1 saturated carbocycles. The summed E-state index contributed by atoms with van der Waals surface area (Å²) in [5.74, 6) is -0.944. The number of aryl methyl sites for hydroxylation is 2. The second kappa shape index (κ2) is 21.8. The lowest BCUT2D eigenvalue weighted by atomic mass is 9.91. The summed E-state index contributed by atoms with van der Waals surface area (Å²) in [5.41, 5.74) is 10.4. The molecule has 0 spiro atoms. The van der Waals surface area contributed by atoms with E-state index >= 15 is 0 Å². The first-order valence-electron chi connectivity index (χ1n) is 23.8. The Labute approximate surface area is 409 Å². The number of nitrogens with one attached hydrogen (secondary N) is 5. The largest absolute Gasteiger partial charge is 0.489 e. The Morgan fingerprint density at radius 1 is 0.563 bits per heavy atom. The van der Waals surface area contributed by atoms with Gasteiger partial charge in [0.25, 0.3) is 11.8 Å². The number of carbonyl (C=O) groups is 4. The minimum atomic E-state index is -0.497. The number of ether oxygens (including phenoxy) is 2. The Bertz CT molecular complexity index is 3290. The number of aromatic nitrogens is 2. The Morgan fingerprint density at radius 3 is 1.58 bits per heavy atom. The molecule has 4 amide bonds. The normalized spacial score (nSPS) is 17.5. The van der Waals surface area contributed by atoms with Crippen molar-refractivity contribution in [2.45, 2.75) is 64.8 Å². The molecular formula is C56H55N7O8. The van der Waals surface area contributed by atoms with Gasteiger partial charge in [-0.15, -0.1) is 0 Å². The number of hydrogen-bond acceptors (Lipinski definition) is 11. The highest BCUT2D eigenvalue weighted by Crippen LogP contribution is 2.30. The van der Waals surface area contributed by atoms with Gasteiger partial charge in [0.05, 0.1) is 28.9 Å². The van der Waals surface area contributed by atoms with Crippen LogP contribution in [0.1, 0.15) is 68.9 Å². The molecular weight excluding hydrogens is 899 g/mol. The molecule has 6 aromatic carbocycles. The molecule has 4 unspecified atom stereocenters. The number of benzene rings is 6. The number of hydrogen-bond donors (Lipinski definition) is 7. The van der Waals surface area contributed by atoms with Crippen LogP contribution in [0.3, 0.4) is 0 Å². The number of pyridine rings is 2. The Kier molecular flexibility index (Phi) is 14.7. The van der Waals surface area contributed by atoms with Crippen LogP contribution in [0.4, 0.5) is 0 Å². The molecule has 2 aliphatic rings. The van der Waals surface area contributed by atoms with Gasteiger partial charge in [0.15, 0.2) is 0 Å². The van der Waals surface area contributed by atoms with Crippen molar-refractivity contribution >= 4 is 67.0 Å². The molecule has 0 bridgehead atoms. The summed E-state index contributed by atoms with van der Waals surface area (Å²) in [4.78, 5) is 59.4. The van der Waals surface area contributed by atoms with Crippen molar-refractivity contribution in [3.05, 3.63) is 167 Å². The lowest BCUT2D eigenvalue weighted by molar-refractivity contribution is -0.135. The first-order valence-corrected chi connectivity index (χ1v) is 23.8. The highest BCUT2D eigenvalue weighted by molar-refractivity contribution is 6.08. The van der Waals surface area contributed by atoms with Crippen molar-refractivity contribution in [3.63, 3.8) is 0 Å². The average Bonchev–Trinajstić information content (AvgIpc) is 3.86. The number of amides is 4. The van der Waals surface area contributed by atoms with E-state index in [1.807, 2.05) is 135 Å². The summed E-state index contributed by atoms with van der Waals surface area (Å²) in [5, 5.41) is 32.7. The van der Waals surface area contributed by atoms with Gasteiger partial charge in [-0.25, -0.2) is 11.0 Å². The summed E-state index contributed by atoms with van der Waals surface area (Å²) in [6.45, 7) is 5.86. The summed E-state index contributed by atoms with van der Waals surface area (Å²) in [7, 11) is 0. The smallest absolute Gasteiger partial charge is 0.252 e. The second-order valence-electron chi connectivity index (χ2n) is 18.1. The highest BCUT2D eigenvalue weighted by atomic mass is 16.5. The molecule has 10 rings (SSSR count). The first kappa shape index (κ1) is 48.1. The molecule has 0 radical (unpaired) electrons. The van der Waals surface area contributed by atoms with E-state index in [1.165, 1.54) is 0 Å². The number of fused-ring (bicyclic) bond motifs is 4. The summed E-state index contributed by atoms with van der Waals surface area (Å²) in [6, 6.07) is 41.8. The minimum absolute atomic E-state index is 0.231. The highest BCUT2D eigenvalue weighted by Gasteiger charge is 2.35. The van der Waals surface area contributed by atoms with Crippen LogP contribution in [0.15, 0.2) is 133 Å². The lowest BCUT2D eigenvalue weighted by Gasteiger charge is -2.31. The van der Waals surface area contributed by atoms with Gasteiger partial charge in [0.1, 0.15) is 24.7 Å². The van der Waals surface area contributed by atoms with E-state index in [0.717, 1.165) is 72.3 Å².